The highest BCUT2D eigenvalue weighted by molar-refractivity contribution is 5.88. The first-order valence-corrected chi connectivity index (χ1v) is 8.24. The molecule has 2 heteroatoms. The van der Waals surface area contributed by atoms with Gasteiger partial charge in [-0.15, -0.1) is 0 Å². The van der Waals surface area contributed by atoms with Crippen LogP contribution >= 0.6 is 0 Å². The molecule has 1 saturated heterocycles. The fourth-order valence-electron chi connectivity index (χ4n) is 3.57. The summed E-state index contributed by atoms with van der Waals surface area (Å²) >= 11 is 0. The Hall–Kier alpha value is -1.38. The van der Waals surface area contributed by atoms with Gasteiger partial charge in [-0.1, -0.05) is 49.7 Å². The van der Waals surface area contributed by atoms with Gasteiger partial charge in [0.1, 0.15) is 0 Å². The molecular formula is C19H26N2. The van der Waals surface area contributed by atoms with Crippen LogP contribution in [-0.4, -0.2) is 31.1 Å². The van der Waals surface area contributed by atoms with Crippen LogP contribution in [0.2, 0.25) is 0 Å². The molecule has 21 heavy (non-hydrogen) atoms. The molecule has 1 heterocycles. The molecule has 112 valence electrons. The molecule has 1 aliphatic heterocycles. The van der Waals surface area contributed by atoms with Gasteiger partial charge in [-0.05, 0) is 35.2 Å². The van der Waals surface area contributed by atoms with Crippen LogP contribution in [0.1, 0.15) is 36.9 Å². The number of benzene rings is 2. The normalized spacial score (nSPS) is 18.0. The number of nitrogens with one attached hydrogen (secondary N) is 1. The van der Waals surface area contributed by atoms with Crippen molar-refractivity contribution < 1.29 is 0 Å². The number of hydrogen-bond acceptors (Lipinski definition) is 2. The number of rotatable bonds is 4. The molecule has 2 aromatic rings. The first-order valence-electron chi connectivity index (χ1n) is 8.24. The van der Waals surface area contributed by atoms with E-state index in [4.69, 9.17) is 0 Å². The van der Waals surface area contributed by atoms with Crippen molar-refractivity contribution in [3.63, 3.8) is 0 Å². The lowest BCUT2D eigenvalue weighted by Gasteiger charge is -2.36. The minimum absolute atomic E-state index is 0.558. The van der Waals surface area contributed by atoms with Crippen LogP contribution in [0.5, 0.6) is 0 Å². The van der Waals surface area contributed by atoms with E-state index >= 15 is 0 Å². The third kappa shape index (κ3) is 2.97. The second kappa shape index (κ2) is 6.59. The Morgan fingerprint density at radius 1 is 1.05 bits per heavy atom. The van der Waals surface area contributed by atoms with Crippen LogP contribution < -0.4 is 5.32 Å². The van der Waals surface area contributed by atoms with E-state index in [1.807, 2.05) is 0 Å². The van der Waals surface area contributed by atoms with Gasteiger partial charge in [-0.25, -0.2) is 0 Å². The highest BCUT2D eigenvalue weighted by Gasteiger charge is 2.23. The second-order valence-electron chi connectivity index (χ2n) is 6.11. The van der Waals surface area contributed by atoms with Crippen LogP contribution in [0.4, 0.5) is 0 Å². The molecule has 3 rings (SSSR count). The summed E-state index contributed by atoms with van der Waals surface area (Å²) in [6.45, 7) is 9.06. The quantitative estimate of drug-likeness (QED) is 0.915. The topological polar surface area (TPSA) is 15.3 Å². The molecule has 1 fully saturated rings. The highest BCUT2D eigenvalue weighted by Crippen LogP contribution is 2.33. The SMILES string of the molecule is CCC[C@H](c1ccc(C)c2ccccc12)N1CCNCC1. The Labute approximate surface area is 128 Å². The fraction of sp³-hybridized carbons (Fsp3) is 0.474. The number of nitrogens with zero attached hydrogens (tertiary/aromatic N) is 1. The zero-order chi connectivity index (χ0) is 14.7. The zero-order valence-electron chi connectivity index (χ0n) is 13.2. The average Bonchev–Trinajstić information content (AvgIpc) is 2.55. The average molecular weight is 282 g/mol. The summed E-state index contributed by atoms with van der Waals surface area (Å²) < 4.78 is 0. The summed E-state index contributed by atoms with van der Waals surface area (Å²) in [7, 11) is 0. The number of hydrogen-bond donors (Lipinski definition) is 1. The number of aryl methyl sites for hydroxylation is 1. The Morgan fingerprint density at radius 3 is 2.48 bits per heavy atom. The van der Waals surface area contributed by atoms with Crippen LogP contribution in [-0.2, 0) is 0 Å². The van der Waals surface area contributed by atoms with Crippen molar-refractivity contribution >= 4 is 10.8 Å². The van der Waals surface area contributed by atoms with E-state index < -0.39 is 0 Å². The van der Waals surface area contributed by atoms with Crippen molar-refractivity contribution in [3.8, 4) is 0 Å². The van der Waals surface area contributed by atoms with Crippen LogP contribution in [0, 0.1) is 6.92 Å². The zero-order valence-corrected chi connectivity index (χ0v) is 13.2. The summed E-state index contributed by atoms with van der Waals surface area (Å²) in [6, 6.07) is 14.1. The third-order valence-corrected chi connectivity index (χ3v) is 4.69. The molecule has 0 radical (unpaired) electrons. The summed E-state index contributed by atoms with van der Waals surface area (Å²) in [5, 5.41) is 6.32. The molecule has 1 atom stereocenters. The van der Waals surface area contributed by atoms with E-state index in [0.717, 1.165) is 26.2 Å². The van der Waals surface area contributed by atoms with Crippen molar-refractivity contribution in [2.75, 3.05) is 26.2 Å². The Kier molecular flexibility index (Phi) is 4.57. The molecule has 2 nitrogen and oxygen atoms in total. The molecular weight excluding hydrogens is 256 g/mol. The molecule has 1 aliphatic rings. The van der Waals surface area contributed by atoms with Gasteiger partial charge in [0.2, 0.25) is 0 Å². The maximum Gasteiger partial charge on any atom is 0.0355 e. The van der Waals surface area contributed by atoms with Crippen molar-refractivity contribution in [2.24, 2.45) is 0 Å². The van der Waals surface area contributed by atoms with Gasteiger partial charge < -0.3 is 5.32 Å². The molecule has 0 unspecified atom stereocenters. The van der Waals surface area contributed by atoms with Crippen LogP contribution in [0.3, 0.4) is 0 Å². The predicted molar refractivity (Wildman–Crippen MR) is 90.8 cm³/mol. The summed E-state index contributed by atoms with van der Waals surface area (Å²) in [4.78, 5) is 2.66. The number of fused-ring (bicyclic) bond motifs is 1. The first-order chi connectivity index (χ1) is 10.3. The minimum Gasteiger partial charge on any atom is -0.314 e. The van der Waals surface area contributed by atoms with Gasteiger partial charge >= 0.3 is 0 Å². The largest absolute Gasteiger partial charge is 0.314 e. The van der Waals surface area contributed by atoms with Crippen molar-refractivity contribution in [3.05, 3.63) is 47.5 Å². The van der Waals surface area contributed by atoms with Crippen molar-refractivity contribution in [1.29, 1.82) is 0 Å². The lowest BCUT2D eigenvalue weighted by molar-refractivity contribution is 0.165. The first kappa shape index (κ1) is 14.6. The van der Waals surface area contributed by atoms with E-state index in [1.54, 1.807) is 0 Å². The van der Waals surface area contributed by atoms with Gasteiger partial charge in [0.25, 0.3) is 0 Å². The second-order valence-corrected chi connectivity index (χ2v) is 6.11. The Morgan fingerprint density at radius 2 is 1.76 bits per heavy atom. The van der Waals surface area contributed by atoms with Gasteiger partial charge in [0.05, 0.1) is 0 Å². The highest BCUT2D eigenvalue weighted by atomic mass is 15.2. The summed E-state index contributed by atoms with van der Waals surface area (Å²) in [5.41, 5.74) is 2.89. The van der Waals surface area contributed by atoms with Gasteiger partial charge in [0, 0.05) is 32.2 Å². The predicted octanol–water partition coefficient (Wildman–Crippen LogP) is 3.89. The van der Waals surface area contributed by atoms with Crippen molar-refractivity contribution in [2.45, 2.75) is 32.7 Å². The van der Waals surface area contributed by atoms with Crippen molar-refractivity contribution in [1.82, 2.24) is 10.2 Å². The number of piperazine rings is 1. The third-order valence-electron chi connectivity index (χ3n) is 4.69. The minimum atomic E-state index is 0.558. The van der Waals surface area contributed by atoms with Gasteiger partial charge in [0.15, 0.2) is 0 Å². The fourth-order valence-corrected chi connectivity index (χ4v) is 3.57. The van der Waals surface area contributed by atoms with Gasteiger partial charge in [-0.2, -0.15) is 0 Å². The van der Waals surface area contributed by atoms with E-state index in [0.29, 0.717) is 6.04 Å². The maximum atomic E-state index is 3.47. The Balaban J connectivity index is 2.04. The van der Waals surface area contributed by atoms with Gasteiger partial charge in [-0.3, -0.25) is 4.90 Å². The lowest BCUT2D eigenvalue weighted by atomic mass is 9.92. The molecule has 0 saturated carbocycles. The monoisotopic (exact) mass is 282 g/mol. The molecule has 0 aromatic heterocycles. The smallest absolute Gasteiger partial charge is 0.0355 e. The standard InChI is InChI=1S/C19H26N2/c1-3-6-19(21-13-11-20-12-14-21)18-10-9-15(2)16-7-4-5-8-17(16)18/h4-5,7-10,19-20H,3,6,11-14H2,1-2H3/t19-/m1/s1. The van der Waals surface area contributed by atoms with E-state index in [9.17, 15) is 0 Å². The van der Waals surface area contributed by atoms with E-state index in [-0.39, 0.29) is 0 Å². The molecule has 0 spiro atoms. The summed E-state index contributed by atoms with van der Waals surface area (Å²) in [6.07, 6.45) is 2.48. The van der Waals surface area contributed by atoms with E-state index in [2.05, 4.69) is 60.5 Å². The Bertz CT molecular complexity index is 600. The summed E-state index contributed by atoms with van der Waals surface area (Å²) in [5.74, 6) is 0. The molecule has 0 bridgehead atoms. The molecule has 1 N–H and O–H groups in total. The van der Waals surface area contributed by atoms with Crippen LogP contribution in [0.25, 0.3) is 10.8 Å². The molecule has 0 amide bonds. The van der Waals surface area contributed by atoms with Crippen LogP contribution in [0.15, 0.2) is 36.4 Å². The lowest BCUT2D eigenvalue weighted by Crippen LogP contribution is -2.45. The maximum absolute atomic E-state index is 3.47. The molecule has 0 aliphatic carbocycles. The molecule has 2 aromatic carbocycles. The van der Waals surface area contributed by atoms with E-state index in [1.165, 1.54) is 34.7 Å².